The third kappa shape index (κ3) is 6.64. The number of amides is 4. The number of rotatable bonds is 11. The lowest BCUT2D eigenvalue weighted by Crippen LogP contribution is -2.58. The first-order valence-corrected chi connectivity index (χ1v) is 12.2. The first kappa shape index (κ1) is 27.7. The van der Waals surface area contributed by atoms with Crippen LogP contribution in [0.2, 0.25) is 0 Å². The fourth-order valence-corrected chi connectivity index (χ4v) is 4.57. The van der Waals surface area contributed by atoms with E-state index in [1.54, 1.807) is 20.0 Å². The van der Waals surface area contributed by atoms with Crippen LogP contribution in [0.3, 0.4) is 0 Å². The second-order valence-corrected chi connectivity index (χ2v) is 9.66. The summed E-state index contributed by atoms with van der Waals surface area (Å²) in [6.07, 6.45) is 2.36. The van der Waals surface area contributed by atoms with Gasteiger partial charge in [0.2, 0.25) is 23.6 Å². The fraction of sp³-hybridized carbons (Fsp3) is 0.480. The number of aromatic nitrogens is 1. The molecule has 1 aliphatic rings. The zero-order valence-corrected chi connectivity index (χ0v) is 20.9. The van der Waals surface area contributed by atoms with Crippen LogP contribution in [-0.2, 0) is 30.4 Å². The number of hydrogen-bond donors (Lipinski definition) is 6. The molecule has 0 radical (unpaired) electrons. The summed E-state index contributed by atoms with van der Waals surface area (Å²) in [5.41, 5.74) is 12.6. The first-order valence-electron chi connectivity index (χ1n) is 12.2. The van der Waals surface area contributed by atoms with Crippen molar-refractivity contribution in [2.75, 3.05) is 6.54 Å². The van der Waals surface area contributed by atoms with Crippen molar-refractivity contribution in [1.29, 1.82) is 0 Å². The number of nitrogens with zero attached hydrogens (tertiary/aromatic N) is 1. The number of para-hydroxylation sites is 1. The molecule has 200 valence electrons. The third-order valence-electron chi connectivity index (χ3n) is 6.54. The Morgan fingerprint density at radius 3 is 2.51 bits per heavy atom. The number of aliphatic carboxylic acids is 1. The van der Waals surface area contributed by atoms with E-state index < -0.39 is 53.8 Å². The predicted octanol–water partition coefficient (Wildman–Crippen LogP) is -0.386. The second-order valence-electron chi connectivity index (χ2n) is 9.66. The highest BCUT2D eigenvalue weighted by Crippen LogP contribution is 2.23. The van der Waals surface area contributed by atoms with Gasteiger partial charge < -0.3 is 37.1 Å². The first-order chi connectivity index (χ1) is 17.5. The van der Waals surface area contributed by atoms with Crippen molar-refractivity contribution in [3.8, 4) is 0 Å². The Hall–Kier alpha value is -3.93. The minimum absolute atomic E-state index is 0.104. The standard InChI is InChI=1S/C25H34N6O6/c1-13(2)21(25(36)37)30-23(34)19-8-5-9-31(19)24(35)18(29-22(33)16(26)11-20(27)32)10-14-12-28-17-7-4-3-6-15(14)17/h3-4,6-7,12-13,16,18-19,21,28H,5,8-11,26H2,1-2H3,(H2,27,32)(H,29,33)(H,30,34)(H,36,37). The Bertz CT molecular complexity index is 1180. The molecular weight excluding hydrogens is 480 g/mol. The molecule has 0 saturated carbocycles. The van der Waals surface area contributed by atoms with Crippen LogP contribution in [-0.4, -0.2) is 75.3 Å². The molecule has 1 aliphatic heterocycles. The average Bonchev–Trinajstić information content (AvgIpc) is 3.48. The largest absolute Gasteiger partial charge is 0.480 e. The van der Waals surface area contributed by atoms with Crippen LogP contribution in [0.4, 0.5) is 0 Å². The molecule has 3 rings (SSSR count). The van der Waals surface area contributed by atoms with E-state index in [-0.39, 0.29) is 25.3 Å². The number of H-pyrrole nitrogens is 1. The number of likely N-dealkylation sites (tertiary alicyclic amines) is 1. The van der Waals surface area contributed by atoms with Crippen LogP contribution >= 0.6 is 0 Å². The molecule has 0 aliphatic carbocycles. The van der Waals surface area contributed by atoms with Crippen molar-refractivity contribution in [3.05, 3.63) is 36.0 Å². The molecule has 2 aromatic rings. The van der Waals surface area contributed by atoms with Crippen LogP contribution in [0.15, 0.2) is 30.5 Å². The third-order valence-corrected chi connectivity index (χ3v) is 6.54. The highest BCUT2D eigenvalue weighted by molar-refractivity contribution is 5.96. The molecule has 8 N–H and O–H groups in total. The van der Waals surface area contributed by atoms with Crippen molar-refractivity contribution < 1.29 is 29.1 Å². The smallest absolute Gasteiger partial charge is 0.326 e. The van der Waals surface area contributed by atoms with Crippen molar-refractivity contribution in [3.63, 3.8) is 0 Å². The van der Waals surface area contributed by atoms with Crippen LogP contribution in [0.25, 0.3) is 10.9 Å². The van der Waals surface area contributed by atoms with E-state index in [9.17, 15) is 29.1 Å². The molecule has 1 aromatic carbocycles. The highest BCUT2D eigenvalue weighted by atomic mass is 16.4. The van der Waals surface area contributed by atoms with Gasteiger partial charge in [0, 0.05) is 30.1 Å². The van der Waals surface area contributed by atoms with Gasteiger partial charge in [-0.05, 0) is 30.4 Å². The summed E-state index contributed by atoms with van der Waals surface area (Å²) in [5.74, 6) is -4.05. The number of aromatic amines is 1. The Kier molecular flexibility index (Phi) is 8.87. The van der Waals surface area contributed by atoms with E-state index in [0.717, 1.165) is 16.5 Å². The van der Waals surface area contributed by atoms with Gasteiger partial charge in [-0.1, -0.05) is 32.0 Å². The van der Waals surface area contributed by atoms with Crippen molar-refractivity contribution in [1.82, 2.24) is 20.5 Å². The zero-order chi connectivity index (χ0) is 27.3. The summed E-state index contributed by atoms with van der Waals surface area (Å²) in [6, 6.07) is 3.18. The van der Waals surface area contributed by atoms with Gasteiger partial charge in [0.1, 0.15) is 18.1 Å². The van der Waals surface area contributed by atoms with Gasteiger partial charge in [-0.2, -0.15) is 0 Å². The molecule has 12 heteroatoms. The number of fused-ring (bicyclic) bond motifs is 1. The number of nitrogens with two attached hydrogens (primary N) is 2. The number of carbonyl (C=O) groups excluding carboxylic acids is 4. The number of nitrogens with one attached hydrogen (secondary N) is 3. The van der Waals surface area contributed by atoms with Gasteiger partial charge >= 0.3 is 5.97 Å². The summed E-state index contributed by atoms with van der Waals surface area (Å²) >= 11 is 0. The van der Waals surface area contributed by atoms with Gasteiger partial charge in [0.25, 0.3) is 0 Å². The van der Waals surface area contributed by atoms with E-state index >= 15 is 0 Å². The van der Waals surface area contributed by atoms with Gasteiger partial charge in [-0.15, -0.1) is 0 Å². The normalized spacial score (nSPS) is 17.8. The van der Waals surface area contributed by atoms with Crippen LogP contribution in [0.5, 0.6) is 0 Å². The number of carboxylic acid groups (broad SMARTS) is 1. The molecule has 4 atom stereocenters. The number of carbonyl (C=O) groups is 5. The summed E-state index contributed by atoms with van der Waals surface area (Å²) < 4.78 is 0. The molecule has 1 saturated heterocycles. The Morgan fingerprint density at radius 1 is 1.16 bits per heavy atom. The number of benzene rings is 1. The lowest BCUT2D eigenvalue weighted by molar-refractivity contribution is -0.145. The van der Waals surface area contributed by atoms with Gasteiger partial charge in [0.15, 0.2) is 0 Å². The minimum atomic E-state index is -1.24. The monoisotopic (exact) mass is 514 g/mol. The maximum absolute atomic E-state index is 13.7. The summed E-state index contributed by atoms with van der Waals surface area (Å²) in [6.45, 7) is 3.63. The number of hydrogen-bond acceptors (Lipinski definition) is 6. The van der Waals surface area contributed by atoms with E-state index in [4.69, 9.17) is 11.5 Å². The maximum Gasteiger partial charge on any atom is 0.326 e. The quantitative estimate of drug-likeness (QED) is 0.234. The lowest BCUT2D eigenvalue weighted by atomic mass is 10.0. The van der Waals surface area contributed by atoms with Crippen molar-refractivity contribution >= 4 is 40.5 Å². The lowest BCUT2D eigenvalue weighted by Gasteiger charge is -2.30. The van der Waals surface area contributed by atoms with Gasteiger partial charge in [-0.3, -0.25) is 19.2 Å². The Balaban J connectivity index is 1.85. The second kappa shape index (κ2) is 11.9. The molecule has 1 aromatic heterocycles. The molecule has 37 heavy (non-hydrogen) atoms. The van der Waals surface area contributed by atoms with E-state index in [2.05, 4.69) is 15.6 Å². The fourth-order valence-electron chi connectivity index (χ4n) is 4.57. The van der Waals surface area contributed by atoms with E-state index in [1.807, 2.05) is 24.3 Å². The zero-order valence-electron chi connectivity index (χ0n) is 20.9. The molecule has 12 nitrogen and oxygen atoms in total. The molecule has 1 fully saturated rings. The minimum Gasteiger partial charge on any atom is -0.480 e. The summed E-state index contributed by atoms with van der Waals surface area (Å²) in [5, 5.41) is 15.5. The average molecular weight is 515 g/mol. The Morgan fingerprint density at radius 2 is 1.86 bits per heavy atom. The Labute approximate surface area is 214 Å². The summed E-state index contributed by atoms with van der Waals surface area (Å²) in [7, 11) is 0. The number of primary amides is 1. The number of carboxylic acids is 1. The van der Waals surface area contributed by atoms with E-state index in [1.165, 1.54) is 4.90 Å². The molecule has 4 unspecified atom stereocenters. The molecule has 2 heterocycles. The SMILES string of the molecule is CC(C)C(NC(=O)C1CCCN1C(=O)C(Cc1c[nH]c2ccccc12)NC(=O)C(N)CC(N)=O)C(=O)O. The molecule has 4 amide bonds. The van der Waals surface area contributed by atoms with Crippen molar-refractivity contribution in [2.24, 2.45) is 17.4 Å². The van der Waals surface area contributed by atoms with E-state index in [0.29, 0.717) is 12.8 Å². The molecular formula is C25H34N6O6. The van der Waals surface area contributed by atoms with Crippen molar-refractivity contribution in [2.45, 2.75) is 63.7 Å². The van der Waals surface area contributed by atoms with Crippen LogP contribution in [0.1, 0.15) is 38.7 Å². The topological polar surface area (TPSA) is 201 Å². The van der Waals surface area contributed by atoms with Gasteiger partial charge in [-0.25, -0.2) is 4.79 Å². The van der Waals surface area contributed by atoms with Crippen LogP contribution in [0, 0.1) is 5.92 Å². The molecule has 0 bridgehead atoms. The summed E-state index contributed by atoms with van der Waals surface area (Å²) in [4.78, 5) is 66.8. The van der Waals surface area contributed by atoms with Crippen LogP contribution < -0.4 is 22.1 Å². The van der Waals surface area contributed by atoms with Gasteiger partial charge in [0.05, 0.1) is 12.5 Å². The highest BCUT2D eigenvalue weighted by Gasteiger charge is 2.39. The maximum atomic E-state index is 13.7. The predicted molar refractivity (Wildman–Crippen MR) is 135 cm³/mol. The molecule has 0 spiro atoms.